The summed E-state index contributed by atoms with van der Waals surface area (Å²) in [7, 11) is 0. The number of carbonyl (C=O) groups excluding carboxylic acids is 2. The molecule has 36 heavy (non-hydrogen) atoms. The number of piperidine rings is 1. The number of nitro groups is 1. The van der Waals surface area contributed by atoms with Crippen molar-refractivity contribution in [2.45, 2.75) is 25.2 Å². The van der Waals surface area contributed by atoms with E-state index in [4.69, 9.17) is 4.74 Å². The number of amides is 1. The van der Waals surface area contributed by atoms with Gasteiger partial charge in [0.2, 0.25) is 0 Å². The highest BCUT2D eigenvalue weighted by atomic mass is 19.4. The van der Waals surface area contributed by atoms with Gasteiger partial charge in [0, 0.05) is 25.4 Å². The number of carbonyl (C=O) groups is 2. The van der Waals surface area contributed by atoms with Crippen molar-refractivity contribution in [1.29, 1.82) is 0 Å². The molecule has 1 aliphatic rings. The Bertz CT molecular complexity index is 1130. The second-order valence-corrected chi connectivity index (χ2v) is 7.81. The maximum atomic E-state index is 12.8. The first-order chi connectivity index (χ1) is 16.8. The van der Waals surface area contributed by atoms with Gasteiger partial charge in [0.1, 0.15) is 11.5 Å². The number of anilines is 2. The molecule has 1 fully saturated rings. The summed E-state index contributed by atoms with van der Waals surface area (Å²) in [5.74, 6) is -2.01. The molecule has 1 aromatic heterocycles. The lowest BCUT2D eigenvalue weighted by atomic mass is 9.97. The SMILES string of the molecule is O=C(COC(=O)C1CCN(c2ccc(C(F)(F)F)cn2)CC1)Nc1ccc(C(F)(F)F)cc1[N+](=O)[O-]. The fraction of sp³-hybridized carbons (Fsp3) is 0.381. The predicted molar refractivity (Wildman–Crippen MR) is 112 cm³/mol. The molecule has 3 rings (SSSR count). The molecule has 1 saturated heterocycles. The van der Waals surface area contributed by atoms with E-state index in [2.05, 4.69) is 10.3 Å². The van der Waals surface area contributed by atoms with Gasteiger partial charge in [-0.15, -0.1) is 0 Å². The van der Waals surface area contributed by atoms with Gasteiger partial charge in [-0.25, -0.2) is 4.98 Å². The predicted octanol–water partition coefficient (Wildman–Crippen LogP) is 4.43. The Morgan fingerprint density at radius 1 is 1.06 bits per heavy atom. The third kappa shape index (κ3) is 6.60. The summed E-state index contributed by atoms with van der Waals surface area (Å²) >= 11 is 0. The smallest absolute Gasteiger partial charge is 0.417 e. The number of hydrogen-bond acceptors (Lipinski definition) is 7. The molecule has 0 bridgehead atoms. The molecule has 194 valence electrons. The molecule has 0 aliphatic carbocycles. The third-order valence-corrected chi connectivity index (χ3v) is 5.37. The van der Waals surface area contributed by atoms with E-state index in [0.717, 1.165) is 18.3 Å². The Kier molecular flexibility index (Phi) is 7.69. The van der Waals surface area contributed by atoms with Crippen LogP contribution in [0.4, 0.5) is 43.5 Å². The Morgan fingerprint density at radius 3 is 2.19 bits per heavy atom. The number of nitrogens with one attached hydrogen (secondary N) is 1. The van der Waals surface area contributed by atoms with Crippen molar-refractivity contribution in [2.24, 2.45) is 5.92 Å². The number of nitrogens with zero attached hydrogens (tertiary/aromatic N) is 3. The van der Waals surface area contributed by atoms with E-state index >= 15 is 0 Å². The number of benzene rings is 1. The van der Waals surface area contributed by atoms with Crippen molar-refractivity contribution in [3.63, 3.8) is 0 Å². The average Bonchev–Trinajstić information content (AvgIpc) is 2.81. The van der Waals surface area contributed by atoms with Crippen molar-refractivity contribution in [3.05, 3.63) is 57.8 Å². The van der Waals surface area contributed by atoms with Gasteiger partial charge in [-0.1, -0.05) is 0 Å². The number of nitro benzene ring substituents is 1. The largest absolute Gasteiger partial charge is 0.455 e. The van der Waals surface area contributed by atoms with Gasteiger partial charge in [-0.05, 0) is 37.1 Å². The fourth-order valence-electron chi connectivity index (χ4n) is 3.49. The van der Waals surface area contributed by atoms with Crippen LogP contribution in [0.1, 0.15) is 24.0 Å². The van der Waals surface area contributed by atoms with E-state index in [1.807, 2.05) is 0 Å². The zero-order valence-electron chi connectivity index (χ0n) is 18.2. The lowest BCUT2D eigenvalue weighted by Gasteiger charge is -2.31. The van der Waals surface area contributed by atoms with Gasteiger partial charge in [0.15, 0.2) is 6.61 Å². The van der Waals surface area contributed by atoms with Crippen molar-refractivity contribution >= 4 is 29.1 Å². The second kappa shape index (κ2) is 10.4. The van der Waals surface area contributed by atoms with E-state index in [1.54, 1.807) is 4.90 Å². The quantitative estimate of drug-likeness (QED) is 0.260. The first kappa shape index (κ1) is 26.7. The summed E-state index contributed by atoms with van der Waals surface area (Å²) in [5, 5.41) is 13.1. The molecule has 0 atom stereocenters. The second-order valence-electron chi connectivity index (χ2n) is 7.81. The van der Waals surface area contributed by atoms with Crippen LogP contribution in [-0.4, -0.2) is 41.5 Å². The maximum absolute atomic E-state index is 12.8. The minimum Gasteiger partial charge on any atom is -0.455 e. The lowest BCUT2D eigenvalue weighted by molar-refractivity contribution is -0.384. The highest BCUT2D eigenvalue weighted by Gasteiger charge is 2.34. The minimum atomic E-state index is -4.82. The van der Waals surface area contributed by atoms with Crippen LogP contribution >= 0.6 is 0 Å². The van der Waals surface area contributed by atoms with Gasteiger partial charge < -0.3 is 15.0 Å². The molecular formula is C21H18F6N4O5. The number of halogens is 6. The summed E-state index contributed by atoms with van der Waals surface area (Å²) in [6.07, 6.45) is -8.07. The first-order valence-electron chi connectivity index (χ1n) is 10.4. The molecule has 15 heteroatoms. The van der Waals surface area contributed by atoms with Crippen molar-refractivity contribution < 1.29 is 45.6 Å². The van der Waals surface area contributed by atoms with E-state index < -0.39 is 64.2 Å². The minimum absolute atomic E-state index is 0.271. The third-order valence-electron chi connectivity index (χ3n) is 5.37. The fourth-order valence-corrected chi connectivity index (χ4v) is 3.49. The molecule has 0 saturated carbocycles. The molecule has 1 aliphatic heterocycles. The molecule has 9 nitrogen and oxygen atoms in total. The van der Waals surface area contributed by atoms with Gasteiger partial charge in [0.05, 0.1) is 22.0 Å². The molecule has 1 amide bonds. The Labute approximate surface area is 199 Å². The number of alkyl halides is 6. The maximum Gasteiger partial charge on any atom is 0.417 e. The average molecular weight is 520 g/mol. The van der Waals surface area contributed by atoms with E-state index in [0.29, 0.717) is 25.0 Å². The van der Waals surface area contributed by atoms with Crippen LogP contribution in [-0.2, 0) is 26.7 Å². The highest BCUT2D eigenvalue weighted by Crippen LogP contribution is 2.35. The van der Waals surface area contributed by atoms with Crippen LogP contribution in [0, 0.1) is 16.0 Å². The topological polar surface area (TPSA) is 115 Å². The van der Waals surface area contributed by atoms with Crippen LogP contribution in [0.25, 0.3) is 0 Å². The van der Waals surface area contributed by atoms with Crippen molar-refractivity contribution in [3.8, 4) is 0 Å². The normalized spacial score (nSPS) is 14.9. The zero-order chi connectivity index (χ0) is 26.7. The molecule has 2 aromatic rings. The van der Waals surface area contributed by atoms with Gasteiger partial charge >= 0.3 is 18.3 Å². The zero-order valence-corrected chi connectivity index (χ0v) is 18.2. The van der Waals surface area contributed by atoms with Crippen LogP contribution in [0.5, 0.6) is 0 Å². The number of hydrogen-bond donors (Lipinski definition) is 1. The molecule has 0 spiro atoms. The standard InChI is InChI=1S/C21H18F6N4O5/c22-20(23,24)13-1-3-15(16(9-13)31(34)35)29-18(32)11-36-19(33)12-5-7-30(8-6-12)17-4-2-14(10-28-17)21(25,26)27/h1-4,9-10,12H,5-8,11H2,(H,29,32). The molecular weight excluding hydrogens is 502 g/mol. The van der Waals surface area contributed by atoms with Crippen molar-refractivity contribution in [1.82, 2.24) is 4.98 Å². The number of ether oxygens (including phenoxy) is 1. The number of esters is 1. The number of aromatic nitrogens is 1. The molecule has 2 heterocycles. The summed E-state index contributed by atoms with van der Waals surface area (Å²) in [4.78, 5) is 39.8. The number of rotatable bonds is 6. The Hall–Kier alpha value is -3.91. The molecule has 1 N–H and O–H groups in total. The Balaban J connectivity index is 1.51. The summed E-state index contributed by atoms with van der Waals surface area (Å²) in [6, 6.07) is 3.70. The van der Waals surface area contributed by atoms with Crippen LogP contribution in [0.15, 0.2) is 36.5 Å². The van der Waals surface area contributed by atoms with Crippen molar-refractivity contribution in [2.75, 3.05) is 29.9 Å². The van der Waals surface area contributed by atoms with E-state index in [-0.39, 0.29) is 18.9 Å². The highest BCUT2D eigenvalue weighted by molar-refractivity contribution is 5.95. The molecule has 0 unspecified atom stereocenters. The monoisotopic (exact) mass is 520 g/mol. The van der Waals surface area contributed by atoms with Crippen LogP contribution in [0.2, 0.25) is 0 Å². The summed E-state index contributed by atoms with van der Waals surface area (Å²) < 4.78 is 81.2. The Morgan fingerprint density at radius 2 is 1.67 bits per heavy atom. The number of pyridine rings is 1. The van der Waals surface area contributed by atoms with Crippen LogP contribution < -0.4 is 10.2 Å². The first-order valence-corrected chi connectivity index (χ1v) is 10.4. The van der Waals surface area contributed by atoms with Gasteiger partial charge in [-0.3, -0.25) is 19.7 Å². The van der Waals surface area contributed by atoms with E-state index in [1.165, 1.54) is 6.07 Å². The van der Waals surface area contributed by atoms with Crippen LogP contribution in [0.3, 0.4) is 0 Å². The molecule has 0 radical (unpaired) electrons. The lowest BCUT2D eigenvalue weighted by Crippen LogP contribution is -2.38. The van der Waals surface area contributed by atoms with Gasteiger partial charge in [0.25, 0.3) is 11.6 Å². The molecule has 1 aromatic carbocycles. The summed E-state index contributed by atoms with van der Waals surface area (Å²) in [6.45, 7) is -0.234. The van der Waals surface area contributed by atoms with Gasteiger partial charge in [-0.2, -0.15) is 26.3 Å². The summed E-state index contributed by atoms with van der Waals surface area (Å²) in [5.41, 5.74) is -3.62. The van der Waals surface area contributed by atoms with E-state index in [9.17, 15) is 46.0 Å².